The van der Waals surface area contributed by atoms with Crippen molar-refractivity contribution in [1.82, 2.24) is 0 Å². The molecule has 0 radical (unpaired) electrons. The lowest BCUT2D eigenvalue weighted by Gasteiger charge is -2.25. The van der Waals surface area contributed by atoms with Crippen molar-refractivity contribution < 1.29 is 23.4 Å². The minimum absolute atomic E-state index is 0.0352. The molecule has 0 aliphatic rings. The molecule has 1 rings (SSSR count). The average Bonchev–Trinajstić information content (AvgIpc) is 2.34. The van der Waals surface area contributed by atoms with Gasteiger partial charge in [0, 0.05) is 22.7 Å². The second kappa shape index (κ2) is 5.98. The van der Waals surface area contributed by atoms with Crippen LogP contribution in [0.1, 0.15) is 12.5 Å². The fraction of sp³-hybridized carbons (Fsp3) is 0.500. The molecule has 0 amide bonds. The van der Waals surface area contributed by atoms with Crippen LogP contribution in [0, 0.1) is 5.41 Å². The molecule has 0 spiro atoms. The van der Waals surface area contributed by atoms with Gasteiger partial charge in [-0.05, 0) is 18.2 Å². The van der Waals surface area contributed by atoms with E-state index >= 15 is 0 Å². The van der Waals surface area contributed by atoms with Gasteiger partial charge in [-0.25, -0.2) is 0 Å². The monoisotopic (exact) mass is 297 g/mol. The molecule has 0 atom stereocenters. The van der Waals surface area contributed by atoms with Crippen molar-refractivity contribution >= 4 is 17.3 Å². The third kappa shape index (κ3) is 4.56. The first-order valence-electron chi connectivity index (χ1n) is 5.53. The van der Waals surface area contributed by atoms with E-state index in [0.29, 0.717) is 0 Å². The Kier molecular flexibility index (Phi) is 5.06. The van der Waals surface area contributed by atoms with Crippen LogP contribution in [0.15, 0.2) is 18.2 Å². The number of halogens is 4. The molecule has 1 aromatic carbocycles. The van der Waals surface area contributed by atoms with Gasteiger partial charge in [0.25, 0.3) is 0 Å². The number of anilines is 1. The zero-order chi connectivity index (χ0) is 14.7. The topological polar surface area (TPSA) is 52.5 Å². The first-order valence-corrected chi connectivity index (χ1v) is 5.91. The summed E-state index contributed by atoms with van der Waals surface area (Å²) in [5.41, 5.74) is -1.48. The van der Waals surface area contributed by atoms with Gasteiger partial charge < -0.3 is 15.5 Å². The van der Waals surface area contributed by atoms with Gasteiger partial charge in [0.05, 0.1) is 18.8 Å². The van der Waals surface area contributed by atoms with Gasteiger partial charge in [-0.1, -0.05) is 18.5 Å². The van der Waals surface area contributed by atoms with E-state index in [1.807, 2.05) is 0 Å². The summed E-state index contributed by atoms with van der Waals surface area (Å²) in [7, 11) is 0. The first-order chi connectivity index (χ1) is 8.70. The summed E-state index contributed by atoms with van der Waals surface area (Å²) in [6, 6.07) is 3.12. The van der Waals surface area contributed by atoms with Crippen molar-refractivity contribution in [3.8, 4) is 0 Å². The Bertz CT molecular complexity index is 433. The average molecular weight is 298 g/mol. The molecule has 0 aliphatic carbocycles. The summed E-state index contributed by atoms with van der Waals surface area (Å²) >= 11 is 5.64. The van der Waals surface area contributed by atoms with E-state index in [2.05, 4.69) is 5.32 Å². The highest BCUT2D eigenvalue weighted by Gasteiger charge is 2.31. The predicted octanol–water partition coefficient (Wildman–Crippen LogP) is 2.76. The predicted molar refractivity (Wildman–Crippen MR) is 67.2 cm³/mol. The zero-order valence-corrected chi connectivity index (χ0v) is 11.0. The Balaban J connectivity index is 2.88. The van der Waals surface area contributed by atoms with E-state index in [0.717, 1.165) is 12.1 Å². The molecule has 0 saturated carbocycles. The molecule has 0 bridgehead atoms. The van der Waals surface area contributed by atoms with Crippen LogP contribution in [0.4, 0.5) is 18.9 Å². The lowest BCUT2D eigenvalue weighted by atomic mass is 9.93. The normalized spacial score (nSPS) is 12.6. The molecule has 3 N–H and O–H groups in total. The fourth-order valence-electron chi connectivity index (χ4n) is 1.33. The van der Waals surface area contributed by atoms with E-state index in [4.69, 9.17) is 21.8 Å². The zero-order valence-electron chi connectivity index (χ0n) is 10.3. The largest absolute Gasteiger partial charge is 0.416 e. The highest BCUT2D eigenvalue weighted by Crippen LogP contribution is 2.33. The van der Waals surface area contributed by atoms with E-state index in [-0.39, 0.29) is 30.5 Å². The van der Waals surface area contributed by atoms with Gasteiger partial charge in [-0.2, -0.15) is 13.2 Å². The van der Waals surface area contributed by atoms with E-state index in [1.54, 1.807) is 6.92 Å². The van der Waals surface area contributed by atoms with Crippen molar-refractivity contribution in [3.63, 3.8) is 0 Å². The van der Waals surface area contributed by atoms with Gasteiger partial charge in [0.1, 0.15) is 0 Å². The summed E-state index contributed by atoms with van der Waals surface area (Å²) in [5.74, 6) is 0. The lowest BCUT2D eigenvalue weighted by molar-refractivity contribution is -0.137. The molecule has 0 aliphatic heterocycles. The quantitative estimate of drug-likeness (QED) is 0.783. The summed E-state index contributed by atoms with van der Waals surface area (Å²) in [5, 5.41) is 20.9. The molecule has 0 fully saturated rings. The number of rotatable bonds is 5. The molecule has 0 saturated heterocycles. The maximum atomic E-state index is 12.6. The molecule has 108 valence electrons. The molecule has 0 aromatic heterocycles. The second-order valence-electron chi connectivity index (χ2n) is 4.71. The Morgan fingerprint density at radius 2 is 1.74 bits per heavy atom. The van der Waals surface area contributed by atoms with Gasteiger partial charge >= 0.3 is 6.18 Å². The molecular formula is C12H15ClF3NO2. The minimum atomic E-state index is -4.47. The van der Waals surface area contributed by atoms with Gasteiger partial charge in [-0.3, -0.25) is 0 Å². The van der Waals surface area contributed by atoms with E-state index < -0.39 is 17.2 Å². The van der Waals surface area contributed by atoms with Crippen LogP contribution in [0.25, 0.3) is 0 Å². The van der Waals surface area contributed by atoms with Crippen molar-refractivity contribution in [2.75, 3.05) is 25.1 Å². The van der Waals surface area contributed by atoms with Crippen LogP contribution < -0.4 is 5.32 Å². The maximum absolute atomic E-state index is 12.6. The SMILES string of the molecule is CC(CO)(CO)CNc1cc(Cl)cc(C(F)(F)F)c1. The van der Waals surface area contributed by atoms with Crippen LogP contribution in [-0.4, -0.2) is 30.0 Å². The number of nitrogens with one attached hydrogen (secondary N) is 1. The standard InChI is InChI=1S/C12H15ClF3NO2/c1-11(6-18,7-19)5-17-10-3-8(12(14,15)16)2-9(13)4-10/h2-4,17-19H,5-7H2,1H3. The minimum Gasteiger partial charge on any atom is -0.396 e. The van der Waals surface area contributed by atoms with Crippen molar-refractivity contribution in [1.29, 1.82) is 0 Å². The number of hydrogen-bond donors (Lipinski definition) is 3. The molecular weight excluding hydrogens is 283 g/mol. The Hall–Kier alpha value is -0.980. The first kappa shape index (κ1) is 16.1. The highest BCUT2D eigenvalue weighted by atomic mass is 35.5. The van der Waals surface area contributed by atoms with Crippen molar-refractivity contribution in [2.24, 2.45) is 5.41 Å². The highest BCUT2D eigenvalue weighted by molar-refractivity contribution is 6.30. The lowest BCUT2D eigenvalue weighted by Crippen LogP contribution is -2.34. The Morgan fingerprint density at radius 1 is 1.16 bits per heavy atom. The van der Waals surface area contributed by atoms with Crippen LogP contribution >= 0.6 is 11.6 Å². The smallest absolute Gasteiger partial charge is 0.396 e. The third-order valence-electron chi connectivity index (χ3n) is 2.71. The summed E-state index contributed by atoms with van der Waals surface area (Å²) in [6.07, 6.45) is -4.47. The molecule has 3 nitrogen and oxygen atoms in total. The van der Waals surface area contributed by atoms with Gasteiger partial charge in [-0.15, -0.1) is 0 Å². The number of hydrogen-bond acceptors (Lipinski definition) is 3. The van der Waals surface area contributed by atoms with E-state index in [1.165, 1.54) is 6.07 Å². The summed E-state index contributed by atoms with van der Waals surface area (Å²) < 4.78 is 37.8. The molecule has 1 aromatic rings. The van der Waals surface area contributed by atoms with Crippen LogP contribution in [0.2, 0.25) is 5.02 Å². The van der Waals surface area contributed by atoms with Crippen LogP contribution in [0.3, 0.4) is 0 Å². The molecule has 0 heterocycles. The molecule has 0 unspecified atom stereocenters. The van der Waals surface area contributed by atoms with Gasteiger partial charge in [0.15, 0.2) is 0 Å². The molecule has 7 heteroatoms. The number of benzene rings is 1. The van der Waals surface area contributed by atoms with Gasteiger partial charge in [0.2, 0.25) is 0 Å². The van der Waals surface area contributed by atoms with Crippen LogP contribution in [-0.2, 0) is 6.18 Å². The van der Waals surface area contributed by atoms with Crippen LogP contribution in [0.5, 0.6) is 0 Å². The number of aliphatic hydroxyl groups is 2. The summed E-state index contributed by atoms with van der Waals surface area (Å²) in [4.78, 5) is 0. The second-order valence-corrected chi connectivity index (χ2v) is 5.14. The molecule has 19 heavy (non-hydrogen) atoms. The Morgan fingerprint density at radius 3 is 2.21 bits per heavy atom. The Labute approximate surface area is 114 Å². The van der Waals surface area contributed by atoms with E-state index in [9.17, 15) is 13.2 Å². The van der Waals surface area contributed by atoms with Crippen molar-refractivity contribution in [3.05, 3.63) is 28.8 Å². The third-order valence-corrected chi connectivity index (χ3v) is 2.93. The fourth-order valence-corrected chi connectivity index (χ4v) is 1.57. The van der Waals surface area contributed by atoms with Crippen molar-refractivity contribution in [2.45, 2.75) is 13.1 Å². The summed E-state index contributed by atoms with van der Waals surface area (Å²) in [6.45, 7) is 1.15. The number of alkyl halides is 3. The number of aliphatic hydroxyl groups excluding tert-OH is 2. The maximum Gasteiger partial charge on any atom is 0.416 e.